The number of hydrogen-bond acceptors (Lipinski definition) is 4. The van der Waals surface area contributed by atoms with E-state index in [4.69, 9.17) is 9.29 Å². The summed E-state index contributed by atoms with van der Waals surface area (Å²) < 4.78 is 36.2. The van der Waals surface area contributed by atoms with Gasteiger partial charge in [-0.15, -0.1) is 0 Å². The highest BCUT2D eigenvalue weighted by Gasteiger charge is 2.73. The van der Waals surface area contributed by atoms with Crippen molar-refractivity contribution in [2.75, 3.05) is 7.11 Å². The first-order valence-electron chi connectivity index (χ1n) is 4.60. The molecule has 0 radical (unpaired) electrons. The van der Waals surface area contributed by atoms with Gasteiger partial charge in [0.15, 0.2) is 0 Å². The third kappa shape index (κ3) is 0.920. The Bertz CT molecular complexity index is 345. The molecule has 0 bridgehead atoms. The second-order valence-electron chi connectivity index (χ2n) is 4.20. The Labute approximate surface area is 82.8 Å². The van der Waals surface area contributed by atoms with Crippen LogP contribution >= 0.6 is 0 Å². The van der Waals surface area contributed by atoms with Crippen LogP contribution in [0.1, 0.15) is 25.7 Å². The molecule has 0 aliphatic heterocycles. The summed E-state index contributed by atoms with van der Waals surface area (Å²) in [6, 6.07) is 0. The van der Waals surface area contributed by atoms with Crippen LogP contribution in [0.25, 0.3) is 0 Å². The molecular formula is C8H14O5S. The molecule has 6 heteroatoms. The zero-order valence-corrected chi connectivity index (χ0v) is 8.75. The smallest absolute Gasteiger partial charge is 0.295 e. The van der Waals surface area contributed by atoms with E-state index in [0.717, 1.165) is 6.42 Å². The van der Waals surface area contributed by atoms with Crippen LogP contribution in [0.2, 0.25) is 0 Å². The van der Waals surface area contributed by atoms with Gasteiger partial charge in [0.2, 0.25) is 4.93 Å². The van der Waals surface area contributed by atoms with Gasteiger partial charge in [0.25, 0.3) is 10.1 Å². The first-order chi connectivity index (χ1) is 6.37. The van der Waals surface area contributed by atoms with Crippen molar-refractivity contribution in [2.45, 2.75) is 36.7 Å². The molecule has 2 saturated carbocycles. The molecule has 5 nitrogen and oxygen atoms in total. The quantitative estimate of drug-likeness (QED) is 0.650. The van der Waals surface area contributed by atoms with Crippen LogP contribution in [0.5, 0.6) is 0 Å². The van der Waals surface area contributed by atoms with Crippen LogP contribution in [0.4, 0.5) is 0 Å². The standard InChI is InChI=1S/C8H14O5S/c1-13-6-5-8(9,14(10,11)12)7(6)3-2-4-7/h6,9H,2-5H2,1H3,(H,10,11,12). The van der Waals surface area contributed by atoms with Gasteiger partial charge in [-0.1, -0.05) is 6.42 Å². The highest BCUT2D eigenvalue weighted by molar-refractivity contribution is 7.87. The lowest BCUT2D eigenvalue weighted by Gasteiger charge is -2.63. The van der Waals surface area contributed by atoms with Gasteiger partial charge in [-0.2, -0.15) is 8.42 Å². The van der Waals surface area contributed by atoms with E-state index in [0.29, 0.717) is 12.8 Å². The second-order valence-corrected chi connectivity index (χ2v) is 5.82. The average molecular weight is 222 g/mol. The monoisotopic (exact) mass is 222 g/mol. The van der Waals surface area contributed by atoms with Gasteiger partial charge in [-0.25, -0.2) is 0 Å². The number of rotatable bonds is 2. The lowest BCUT2D eigenvalue weighted by atomic mass is 9.51. The molecule has 2 aliphatic carbocycles. The first-order valence-corrected chi connectivity index (χ1v) is 6.04. The van der Waals surface area contributed by atoms with E-state index < -0.39 is 20.5 Å². The Hall–Kier alpha value is -0.170. The summed E-state index contributed by atoms with van der Waals surface area (Å²) in [6.07, 6.45) is 1.80. The predicted molar refractivity (Wildman–Crippen MR) is 48.2 cm³/mol. The first kappa shape index (κ1) is 10.4. The molecule has 14 heavy (non-hydrogen) atoms. The van der Waals surface area contributed by atoms with Crippen molar-refractivity contribution < 1.29 is 22.8 Å². The van der Waals surface area contributed by atoms with Crippen molar-refractivity contribution in [3.8, 4) is 0 Å². The molecule has 1 spiro atoms. The Balaban J connectivity index is 2.33. The Morgan fingerprint density at radius 1 is 1.43 bits per heavy atom. The Kier molecular flexibility index (Phi) is 1.99. The fourth-order valence-corrected chi connectivity index (χ4v) is 3.92. The summed E-state index contributed by atoms with van der Waals surface area (Å²) in [5.74, 6) is 0. The van der Waals surface area contributed by atoms with Crippen molar-refractivity contribution in [3.63, 3.8) is 0 Å². The molecule has 2 N–H and O–H groups in total. The maximum Gasteiger partial charge on any atom is 0.295 e. The van der Waals surface area contributed by atoms with E-state index in [-0.39, 0.29) is 12.5 Å². The van der Waals surface area contributed by atoms with Gasteiger partial charge in [-0.3, -0.25) is 4.55 Å². The molecule has 2 atom stereocenters. The van der Waals surface area contributed by atoms with Gasteiger partial charge >= 0.3 is 0 Å². The minimum Gasteiger partial charge on any atom is -0.381 e. The van der Waals surface area contributed by atoms with Crippen LogP contribution in [0.15, 0.2) is 0 Å². The van der Waals surface area contributed by atoms with Crippen LogP contribution in [0.3, 0.4) is 0 Å². The minimum atomic E-state index is -4.40. The van der Waals surface area contributed by atoms with E-state index in [1.165, 1.54) is 7.11 Å². The molecule has 2 fully saturated rings. The summed E-state index contributed by atoms with van der Waals surface area (Å²) in [7, 11) is -2.91. The zero-order valence-electron chi connectivity index (χ0n) is 7.93. The van der Waals surface area contributed by atoms with Crippen molar-refractivity contribution in [1.82, 2.24) is 0 Å². The third-order valence-electron chi connectivity index (χ3n) is 3.81. The van der Waals surface area contributed by atoms with Crippen LogP contribution < -0.4 is 0 Å². The van der Waals surface area contributed by atoms with Crippen LogP contribution in [0, 0.1) is 5.41 Å². The van der Waals surface area contributed by atoms with Gasteiger partial charge in [0.1, 0.15) is 0 Å². The fraction of sp³-hybridized carbons (Fsp3) is 1.00. The summed E-state index contributed by atoms with van der Waals surface area (Å²) in [6.45, 7) is 0. The summed E-state index contributed by atoms with van der Waals surface area (Å²) >= 11 is 0. The average Bonchev–Trinajstić information content (AvgIpc) is 1.93. The molecule has 2 rings (SSSR count). The van der Waals surface area contributed by atoms with E-state index in [2.05, 4.69) is 0 Å². The van der Waals surface area contributed by atoms with Gasteiger partial charge < -0.3 is 9.84 Å². The molecule has 0 aromatic heterocycles. The normalized spacial score (nSPS) is 40.4. The Morgan fingerprint density at radius 3 is 2.29 bits per heavy atom. The van der Waals surface area contributed by atoms with Crippen molar-refractivity contribution in [3.05, 3.63) is 0 Å². The van der Waals surface area contributed by atoms with E-state index in [1.807, 2.05) is 0 Å². The van der Waals surface area contributed by atoms with E-state index >= 15 is 0 Å². The molecule has 0 aromatic carbocycles. The van der Waals surface area contributed by atoms with E-state index in [9.17, 15) is 13.5 Å². The minimum absolute atomic E-state index is 0.0255. The maximum atomic E-state index is 11.1. The van der Waals surface area contributed by atoms with Crippen molar-refractivity contribution in [1.29, 1.82) is 0 Å². The number of ether oxygens (including phenoxy) is 1. The largest absolute Gasteiger partial charge is 0.381 e. The summed E-state index contributed by atoms with van der Waals surface area (Å²) in [4.78, 5) is -1.97. The molecule has 0 heterocycles. The number of methoxy groups -OCH3 is 1. The van der Waals surface area contributed by atoms with Gasteiger partial charge in [-0.05, 0) is 12.8 Å². The lowest BCUT2D eigenvalue weighted by molar-refractivity contribution is -0.242. The highest BCUT2D eigenvalue weighted by Crippen LogP contribution is 2.64. The molecule has 2 aliphatic rings. The predicted octanol–water partition coefficient (Wildman–Crippen LogP) is 0.152. The van der Waals surface area contributed by atoms with Crippen molar-refractivity contribution in [2.24, 2.45) is 5.41 Å². The topological polar surface area (TPSA) is 83.8 Å². The number of hydrogen-bond donors (Lipinski definition) is 2. The zero-order chi connectivity index (χ0) is 10.6. The van der Waals surface area contributed by atoms with Gasteiger partial charge in [0.05, 0.1) is 6.10 Å². The summed E-state index contributed by atoms with van der Waals surface area (Å²) in [5, 5.41) is 9.90. The fourth-order valence-electron chi connectivity index (χ4n) is 2.71. The molecule has 0 saturated heterocycles. The number of aliphatic hydroxyl groups is 1. The molecule has 82 valence electrons. The highest BCUT2D eigenvalue weighted by atomic mass is 32.2. The lowest BCUT2D eigenvalue weighted by Crippen LogP contribution is -2.73. The third-order valence-corrected chi connectivity index (χ3v) is 5.24. The summed E-state index contributed by atoms with van der Waals surface area (Å²) in [5.41, 5.74) is -0.755. The molecule has 0 amide bonds. The maximum absolute atomic E-state index is 11.1. The Morgan fingerprint density at radius 2 is 2.00 bits per heavy atom. The second kappa shape index (κ2) is 2.69. The van der Waals surface area contributed by atoms with E-state index in [1.54, 1.807) is 0 Å². The molecule has 0 aromatic rings. The van der Waals surface area contributed by atoms with Crippen LogP contribution in [-0.2, 0) is 14.9 Å². The molecular weight excluding hydrogens is 208 g/mol. The van der Waals surface area contributed by atoms with Crippen molar-refractivity contribution >= 4 is 10.1 Å². The molecule has 2 unspecified atom stereocenters. The van der Waals surface area contributed by atoms with Crippen LogP contribution in [-0.4, -0.2) is 36.2 Å². The SMILES string of the molecule is COC1CC(O)(S(=O)(=O)O)C12CCC2. The van der Waals surface area contributed by atoms with Gasteiger partial charge in [0, 0.05) is 18.9 Å².